The number of hydrogen-bond donors (Lipinski definition) is 2. The lowest BCUT2D eigenvalue weighted by Crippen LogP contribution is -2.47. The van der Waals surface area contributed by atoms with E-state index in [0.29, 0.717) is 23.9 Å². The molecule has 0 fully saturated rings. The van der Waals surface area contributed by atoms with E-state index >= 15 is 0 Å². The van der Waals surface area contributed by atoms with E-state index in [1.807, 2.05) is 0 Å². The van der Waals surface area contributed by atoms with Gasteiger partial charge >= 0.3 is 0 Å². The summed E-state index contributed by atoms with van der Waals surface area (Å²) in [5.74, 6) is -0.368. The molecule has 2 aromatic rings. The zero-order valence-corrected chi connectivity index (χ0v) is 15.5. The molecule has 2 amide bonds. The highest BCUT2D eigenvalue weighted by atomic mass is 19.1. The zero-order valence-electron chi connectivity index (χ0n) is 15.5. The third-order valence-corrected chi connectivity index (χ3v) is 3.58. The molecule has 0 bridgehead atoms. The SMILES string of the molecule is C=CCOc1ccc(C(=O)NNC(=O)C(C)Oc2ccc(F)cc2)cc1OC. The molecule has 0 heterocycles. The fraction of sp³-hybridized carbons (Fsp3) is 0.200. The van der Waals surface area contributed by atoms with Crippen LogP contribution in [0.15, 0.2) is 55.1 Å². The van der Waals surface area contributed by atoms with E-state index < -0.39 is 23.7 Å². The van der Waals surface area contributed by atoms with Crippen molar-refractivity contribution >= 4 is 11.8 Å². The summed E-state index contributed by atoms with van der Waals surface area (Å²) in [6.07, 6.45) is 0.681. The Morgan fingerprint density at radius 2 is 1.86 bits per heavy atom. The summed E-state index contributed by atoms with van der Waals surface area (Å²) >= 11 is 0. The number of ether oxygens (including phenoxy) is 3. The van der Waals surface area contributed by atoms with E-state index in [2.05, 4.69) is 17.4 Å². The van der Waals surface area contributed by atoms with Crippen molar-refractivity contribution in [1.29, 1.82) is 0 Å². The van der Waals surface area contributed by atoms with Crippen LogP contribution in [0.3, 0.4) is 0 Å². The third kappa shape index (κ3) is 5.73. The topological polar surface area (TPSA) is 85.9 Å². The second kappa shape index (κ2) is 9.96. The van der Waals surface area contributed by atoms with Gasteiger partial charge in [-0.25, -0.2) is 4.39 Å². The van der Waals surface area contributed by atoms with Gasteiger partial charge in [-0.1, -0.05) is 12.7 Å². The lowest BCUT2D eigenvalue weighted by molar-refractivity contribution is -0.128. The molecule has 0 aliphatic rings. The Labute approximate surface area is 162 Å². The maximum absolute atomic E-state index is 12.9. The van der Waals surface area contributed by atoms with E-state index in [1.165, 1.54) is 50.4 Å². The average Bonchev–Trinajstić information content (AvgIpc) is 2.71. The molecule has 2 rings (SSSR count). The van der Waals surface area contributed by atoms with Crippen LogP contribution in [0.2, 0.25) is 0 Å². The molecular weight excluding hydrogens is 367 g/mol. The highest BCUT2D eigenvalue weighted by Gasteiger charge is 2.17. The van der Waals surface area contributed by atoms with Crippen LogP contribution in [0.1, 0.15) is 17.3 Å². The second-order valence-electron chi connectivity index (χ2n) is 5.62. The fourth-order valence-electron chi connectivity index (χ4n) is 2.14. The first-order valence-electron chi connectivity index (χ1n) is 8.38. The zero-order chi connectivity index (χ0) is 20.5. The second-order valence-corrected chi connectivity index (χ2v) is 5.62. The smallest absolute Gasteiger partial charge is 0.279 e. The van der Waals surface area contributed by atoms with Crippen molar-refractivity contribution in [1.82, 2.24) is 10.9 Å². The van der Waals surface area contributed by atoms with Crippen LogP contribution in [-0.2, 0) is 4.79 Å². The van der Waals surface area contributed by atoms with Crippen molar-refractivity contribution < 1.29 is 28.2 Å². The van der Waals surface area contributed by atoms with E-state index in [-0.39, 0.29) is 5.56 Å². The lowest BCUT2D eigenvalue weighted by atomic mass is 10.2. The van der Waals surface area contributed by atoms with Crippen molar-refractivity contribution in [2.45, 2.75) is 13.0 Å². The van der Waals surface area contributed by atoms with Crippen LogP contribution < -0.4 is 25.1 Å². The van der Waals surface area contributed by atoms with Gasteiger partial charge in [-0.2, -0.15) is 0 Å². The summed E-state index contributed by atoms with van der Waals surface area (Å²) in [7, 11) is 1.45. The molecule has 7 nitrogen and oxygen atoms in total. The van der Waals surface area contributed by atoms with E-state index in [0.717, 1.165) is 0 Å². The van der Waals surface area contributed by atoms with Crippen molar-refractivity contribution in [3.8, 4) is 17.2 Å². The number of nitrogens with one attached hydrogen (secondary N) is 2. The quantitative estimate of drug-likeness (QED) is 0.536. The summed E-state index contributed by atoms with van der Waals surface area (Å²) in [6.45, 7) is 5.36. The van der Waals surface area contributed by atoms with Gasteiger partial charge in [0.05, 0.1) is 7.11 Å². The lowest BCUT2D eigenvalue weighted by Gasteiger charge is -2.15. The van der Waals surface area contributed by atoms with Gasteiger partial charge in [0.2, 0.25) is 0 Å². The maximum atomic E-state index is 12.9. The average molecular weight is 388 g/mol. The molecule has 0 radical (unpaired) electrons. The Morgan fingerprint density at radius 3 is 2.50 bits per heavy atom. The molecule has 28 heavy (non-hydrogen) atoms. The monoisotopic (exact) mass is 388 g/mol. The van der Waals surface area contributed by atoms with Crippen molar-refractivity contribution in [2.75, 3.05) is 13.7 Å². The van der Waals surface area contributed by atoms with Gasteiger partial charge < -0.3 is 14.2 Å². The number of hydrogen-bond acceptors (Lipinski definition) is 5. The molecule has 2 aromatic carbocycles. The Kier molecular flexibility index (Phi) is 7.38. The van der Waals surface area contributed by atoms with Crippen LogP contribution in [-0.4, -0.2) is 31.6 Å². The van der Waals surface area contributed by atoms with Crippen LogP contribution in [0.25, 0.3) is 0 Å². The van der Waals surface area contributed by atoms with Gasteiger partial charge in [0.15, 0.2) is 17.6 Å². The summed E-state index contributed by atoms with van der Waals surface area (Å²) < 4.78 is 28.9. The minimum absolute atomic E-state index is 0.259. The first kappa shape index (κ1) is 20.8. The number of rotatable bonds is 8. The Bertz CT molecular complexity index is 839. The summed E-state index contributed by atoms with van der Waals surface area (Å²) in [6, 6.07) is 9.84. The molecule has 0 spiro atoms. The molecule has 0 aliphatic carbocycles. The van der Waals surface area contributed by atoms with Crippen LogP contribution in [0, 0.1) is 5.82 Å². The summed E-state index contributed by atoms with van der Waals surface area (Å²) in [5.41, 5.74) is 4.83. The Hall–Kier alpha value is -3.55. The van der Waals surface area contributed by atoms with Gasteiger partial charge in [-0.15, -0.1) is 0 Å². The van der Waals surface area contributed by atoms with Gasteiger partial charge in [-0.3, -0.25) is 20.4 Å². The van der Waals surface area contributed by atoms with Gasteiger partial charge in [0.25, 0.3) is 11.8 Å². The number of carbonyl (C=O) groups excluding carboxylic acids is 2. The summed E-state index contributed by atoms with van der Waals surface area (Å²) in [4.78, 5) is 24.3. The molecule has 0 saturated carbocycles. The van der Waals surface area contributed by atoms with E-state index in [1.54, 1.807) is 12.1 Å². The van der Waals surface area contributed by atoms with Crippen molar-refractivity contribution in [3.05, 3.63) is 66.5 Å². The number of hydrazine groups is 1. The molecule has 1 unspecified atom stereocenters. The number of methoxy groups -OCH3 is 1. The highest BCUT2D eigenvalue weighted by molar-refractivity contribution is 5.96. The van der Waals surface area contributed by atoms with Crippen LogP contribution >= 0.6 is 0 Å². The molecule has 0 aromatic heterocycles. The highest BCUT2D eigenvalue weighted by Crippen LogP contribution is 2.28. The van der Waals surface area contributed by atoms with Gasteiger partial charge in [0.1, 0.15) is 18.2 Å². The molecule has 1 atom stereocenters. The molecule has 8 heteroatoms. The van der Waals surface area contributed by atoms with Crippen LogP contribution in [0.5, 0.6) is 17.2 Å². The van der Waals surface area contributed by atoms with Crippen molar-refractivity contribution in [3.63, 3.8) is 0 Å². The number of carbonyl (C=O) groups is 2. The Balaban J connectivity index is 1.92. The van der Waals surface area contributed by atoms with Gasteiger partial charge in [0, 0.05) is 5.56 Å². The third-order valence-electron chi connectivity index (χ3n) is 3.58. The standard InChI is InChI=1S/C20H21FN2O5/c1-4-11-27-17-10-5-14(12-18(17)26-3)20(25)23-22-19(24)13(2)28-16-8-6-15(21)7-9-16/h4-10,12-13H,1,11H2,2-3H3,(H,22,24)(H,23,25). The van der Waals surface area contributed by atoms with Crippen molar-refractivity contribution in [2.24, 2.45) is 0 Å². The molecule has 0 saturated heterocycles. The normalized spacial score (nSPS) is 11.1. The first-order chi connectivity index (χ1) is 13.4. The number of halogens is 1. The van der Waals surface area contributed by atoms with Crippen LogP contribution in [0.4, 0.5) is 4.39 Å². The largest absolute Gasteiger partial charge is 0.493 e. The molecular formula is C20H21FN2O5. The molecule has 148 valence electrons. The summed E-state index contributed by atoms with van der Waals surface area (Å²) in [5, 5.41) is 0. The number of amides is 2. The molecule has 0 aliphatic heterocycles. The Morgan fingerprint density at radius 1 is 1.14 bits per heavy atom. The maximum Gasteiger partial charge on any atom is 0.279 e. The predicted octanol–water partition coefficient (Wildman–Crippen LogP) is 2.63. The van der Waals surface area contributed by atoms with Gasteiger partial charge in [-0.05, 0) is 49.4 Å². The predicted molar refractivity (Wildman–Crippen MR) is 101 cm³/mol. The number of benzene rings is 2. The minimum Gasteiger partial charge on any atom is -0.493 e. The fourth-order valence-corrected chi connectivity index (χ4v) is 2.14. The molecule has 2 N–H and O–H groups in total. The first-order valence-corrected chi connectivity index (χ1v) is 8.38. The van der Waals surface area contributed by atoms with E-state index in [9.17, 15) is 14.0 Å². The minimum atomic E-state index is -0.907. The van der Waals surface area contributed by atoms with E-state index in [4.69, 9.17) is 14.2 Å².